The molecule has 2 unspecified atom stereocenters. The van der Waals surface area contributed by atoms with E-state index in [4.69, 9.17) is 0 Å². The summed E-state index contributed by atoms with van der Waals surface area (Å²) in [5, 5.41) is 6.34. The zero-order chi connectivity index (χ0) is 11.7. The average molecular weight is 225 g/mol. The van der Waals surface area contributed by atoms with Gasteiger partial charge in [-0.3, -0.25) is 0 Å². The van der Waals surface area contributed by atoms with Crippen molar-refractivity contribution in [3.8, 4) is 0 Å². The normalized spacial score (nSPS) is 25.0. The lowest BCUT2D eigenvalue weighted by atomic mass is 9.91. The Labute approximate surface area is 103 Å². The fourth-order valence-electron chi connectivity index (χ4n) is 2.71. The van der Waals surface area contributed by atoms with Gasteiger partial charge < -0.3 is 5.32 Å². The van der Waals surface area contributed by atoms with Crippen LogP contribution in [-0.4, -0.2) is 6.54 Å². The van der Waals surface area contributed by atoms with Crippen molar-refractivity contribution >= 4 is 10.8 Å². The molecule has 0 amide bonds. The van der Waals surface area contributed by atoms with Crippen molar-refractivity contribution in [2.45, 2.75) is 25.8 Å². The van der Waals surface area contributed by atoms with Crippen LogP contribution in [-0.2, 0) is 0 Å². The molecule has 3 rings (SSSR count). The van der Waals surface area contributed by atoms with Crippen molar-refractivity contribution in [2.24, 2.45) is 5.92 Å². The minimum atomic E-state index is 0.552. The van der Waals surface area contributed by atoms with E-state index in [1.807, 2.05) is 0 Å². The summed E-state index contributed by atoms with van der Waals surface area (Å²) in [6.45, 7) is 3.47. The second-order valence-corrected chi connectivity index (χ2v) is 5.25. The van der Waals surface area contributed by atoms with E-state index in [2.05, 4.69) is 54.7 Å². The number of hydrogen-bond acceptors (Lipinski definition) is 1. The summed E-state index contributed by atoms with van der Waals surface area (Å²) in [4.78, 5) is 0. The van der Waals surface area contributed by atoms with E-state index < -0.39 is 0 Å². The number of nitrogens with one attached hydrogen (secondary N) is 1. The molecule has 0 bridgehead atoms. The SMILES string of the molecule is CC1CCC(c2ccc3ccccc3c2)NC1. The molecule has 0 aliphatic carbocycles. The highest BCUT2D eigenvalue weighted by Crippen LogP contribution is 2.27. The molecule has 1 heteroatoms. The molecule has 2 aromatic carbocycles. The maximum Gasteiger partial charge on any atom is 0.0320 e. The van der Waals surface area contributed by atoms with Gasteiger partial charge in [0.2, 0.25) is 0 Å². The molecule has 0 radical (unpaired) electrons. The first-order valence-corrected chi connectivity index (χ1v) is 6.55. The minimum Gasteiger partial charge on any atom is -0.310 e. The van der Waals surface area contributed by atoms with Gasteiger partial charge in [-0.15, -0.1) is 0 Å². The van der Waals surface area contributed by atoms with Gasteiger partial charge in [0.25, 0.3) is 0 Å². The van der Waals surface area contributed by atoms with Crippen LogP contribution >= 0.6 is 0 Å². The monoisotopic (exact) mass is 225 g/mol. The molecule has 1 heterocycles. The van der Waals surface area contributed by atoms with Crippen LogP contribution in [0, 0.1) is 5.92 Å². The van der Waals surface area contributed by atoms with Crippen molar-refractivity contribution in [2.75, 3.05) is 6.54 Å². The number of hydrogen-bond donors (Lipinski definition) is 1. The number of benzene rings is 2. The van der Waals surface area contributed by atoms with Gasteiger partial charge in [0.05, 0.1) is 0 Å². The smallest absolute Gasteiger partial charge is 0.0320 e. The molecule has 1 aliphatic rings. The minimum absolute atomic E-state index is 0.552. The Morgan fingerprint density at radius 3 is 2.59 bits per heavy atom. The lowest BCUT2D eigenvalue weighted by Crippen LogP contribution is -2.31. The van der Waals surface area contributed by atoms with Gasteiger partial charge in [0.1, 0.15) is 0 Å². The molecular formula is C16H19N. The molecule has 0 aromatic heterocycles. The molecule has 2 atom stereocenters. The van der Waals surface area contributed by atoms with E-state index in [0.29, 0.717) is 6.04 Å². The Morgan fingerprint density at radius 2 is 1.82 bits per heavy atom. The van der Waals surface area contributed by atoms with E-state index in [9.17, 15) is 0 Å². The van der Waals surface area contributed by atoms with E-state index in [1.54, 1.807) is 0 Å². The van der Waals surface area contributed by atoms with Crippen molar-refractivity contribution in [3.63, 3.8) is 0 Å². The lowest BCUT2D eigenvalue weighted by molar-refractivity contribution is 0.333. The van der Waals surface area contributed by atoms with E-state index in [1.165, 1.54) is 29.2 Å². The first kappa shape index (κ1) is 10.8. The molecule has 1 aliphatic heterocycles. The second kappa shape index (κ2) is 4.50. The Bertz CT molecular complexity index is 510. The predicted molar refractivity (Wildman–Crippen MR) is 73.1 cm³/mol. The summed E-state index contributed by atoms with van der Waals surface area (Å²) in [7, 11) is 0. The first-order chi connectivity index (χ1) is 8.33. The topological polar surface area (TPSA) is 12.0 Å². The van der Waals surface area contributed by atoms with Crippen LogP contribution in [0.2, 0.25) is 0 Å². The quantitative estimate of drug-likeness (QED) is 0.776. The molecule has 2 aromatic rings. The number of rotatable bonds is 1. The number of fused-ring (bicyclic) bond motifs is 1. The molecule has 0 spiro atoms. The summed E-state index contributed by atoms with van der Waals surface area (Å²) in [6.07, 6.45) is 2.60. The van der Waals surface area contributed by atoms with Crippen molar-refractivity contribution in [1.29, 1.82) is 0 Å². The molecule has 0 saturated carbocycles. The second-order valence-electron chi connectivity index (χ2n) is 5.25. The van der Waals surface area contributed by atoms with Crippen LogP contribution in [0.15, 0.2) is 42.5 Å². The van der Waals surface area contributed by atoms with Crippen molar-refractivity contribution in [3.05, 3.63) is 48.0 Å². The maximum absolute atomic E-state index is 3.65. The molecule has 1 saturated heterocycles. The van der Waals surface area contributed by atoms with Crippen LogP contribution in [0.25, 0.3) is 10.8 Å². The lowest BCUT2D eigenvalue weighted by Gasteiger charge is -2.28. The summed E-state index contributed by atoms with van der Waals surface area (Å²) in [6, 6.07) is 16.0. The van der Waals surface area contributed by atoms with Gasteiger partial charge in [-0.05, 0) is 47.7 Å². The zero-order valence-corrected chi connectivity index (χ0v) is 10.3. The van der Waals surface area contributed by atoms with Crippen LogP contribution in [0.4, 0.5) is 0 Å². The van der Waals surface area contributed by atoms with E-state index in [-0.39, 0.29) is 0 Å². The average Bonchev–Trinajstić information content (AvgIpc) is 2.39. The summed E-state index contributed by atoms with van der Waals surface area (Å²) < 4.78 is 0. The maximum atomic E-state index is 3.65. The standard InChI is InChI=1S/C16H19N/c1-12-6-9-16(17-11-12)15-8-7-13-4-2-3-5-14(13)10-15/h2-5,7-8,10,12,16-17H,6,9,11H2,1H3. The molecule has 1 N–H and O–H groups in total. The highest BCUT2D eigenvalue weighted by atomic mass is 14.9. The van der Waals surface area contributed by atoms with Gasteiger partial charge in [0.15, 0.2) is 0 Å². The first-order valence-electron chi connectivity index (χ1n) is 6.55. The third-order valence-corrected chi connectivity index (χ3v) is 3.84. The van der Waals surface area contributed by atoms with Gasteiger partial charge in [-0.25, -0.2) is 0 Å². The fraction of sp³-hybridized carbons (Fsp3) is 0.375. The Morgan fingerprint density at radius 1 is 1.00 bits per heavy atom. The van der Waals surface area contributed by atoms with Crippen LogP contribution in [0.3, 0.4) is 0 Å². The molecule has 1 nitrogen and oxygen atoms in total. The summed E-state index contributed by atoms with van der Waals surface area (Å²) in [5.41, 5.74) is 1.44. The molecule has 88 valence electrons. The van der Waals surface area contributed by atoms with E-state index >= 15 is 0 Å². The van der Waals surface area contributed by atoms with E-state index in [0.717, 1.165) is 12.5 Å². The van der Waals surface area contributed by atoms with Crippen LogP contribution in [0.5, 0.6) is 0 Å². The fourth-order valence-corrected chi connectivity index (χ4v) is 2.71. The molecular weight excluding hydrogens is 206 g/mol. The van der Waals surface area contributed by atoms with Gasteiger partial charge in [-0.1, -0.05) is 43.3 Å². The largest absolute Gasteiger partial charge is 0.310 e. The van der Waals surface area contributed by atoms with Gasteiger partial charge in [0, 0.05) is 6.04 Å². The third kappa shape index (κ3) is 2.20. The predicted octanol–water partition coefficient (Wildman–Crippen LogP) is 3.90. The van der Waals surface area contributed by atoms with Gasteiger partial charge >= 0.3 is 0 Å². The van der Waals surface area contributed by atoms with Crippen molar-refractivity contribution < 1.29 is 0 Å². The van der Waals surface area contributed by atoms with Gasteiger partial charge in [-0.2, -0.15) is 0 Å². The molecule has 1 fully saturated rings. The Balaban J connectivity index is 1.90. The molecule has 17 heavy (non-hydrogen) atoms. The highest BCUT2D eigenvalue weighted by Gasteiger charge is 2.18. The van der Waals surface area contributed by atoms with Crippen molar-refractivity contribution in [1.82, 2.24) is 5.32 Å². The Kier molecular flexibility index (Phi) is 2.86. The highest BCUT2D eigenvalue weighted by molar-refractivity contribution is 5.83. The van der Waals surface area contributed by atoms with Crippen LogP contribution < -0.4 is 5.32 Å². The zero-order valence-electron chi connectivity index (χ0n) is 10.3. The third-order valence-electron chi connectivity index (χ3n) is 3.84. The number of piperidine rings is 1. The Hall–Kier alpha value is -1.34. The summed E-state index contributed by atoms with van der Waals surface area (Å²) >= 11 is 0. The van der Waals surface area contributed by atoms with Crippen LogP contribution in [0.1, 0.15) is 31.4 Å². The summed E-state index contributed by atoms with van der Waals surface area (Å²) in [5.74, 6) is 0.826.